The molecule has 0 bridgehead atoms. The van der Waals surface area contributed by atoms with Crippen LogP contribution in [0.25, 0.3) is 0 Å². The fourth-order valence-electron chi connectivity index (χ4n) is 2.43. The molecule has 28 heavy (non-hydrogen) atoms. The molecule has 0 aliphatic rings. The van der Waals surface area contributed by atoms with Crippen LogP contribution in [0.15, 0.2) is 0 Å². The lowest BCUT2D eigenvalue weighted by Crippen LogP contribution is -2.50. The number of nitrogens with one attached hydrogen (secondary N) is 2. The third-order valence-corrected chi connectivity index (χ3v) is 5.60. The van der Waals surface area contributed by atoms with Gasteiger partial charge in [-0.3, -0.25) is 14.9 Å². The van der Waals surface area contributed by atoms with Crippen LogP contribution in [0, 0.1) is 5.92 Å². The second-order valence-electron chi connectivity index (χ2n) is 6.66. The lowest BCUT2D eigenvalue weighted by Gasteiger charge is -2.29. The van der Waals surface area contributed by atoms with Gasteiger partial charge in [0.05, 0.1) is 16.7 Å². The number of hydrogen-bond donors (Lipinski definition) is 5. The maximum atomic E-state index is 12.3. The minimum atomic E-state index is -1.29. The standard InChI is InChI=1S/C16H29I3N2O7/c1-8(2)14(25)10(21-9(3)17)4-5-13(24)20-6-12(27-18)15(26)16(28-19)11(23)7-22/h8-12,15-16,21-23,26H,4-7H2,1-3H3,(H,20,24). The van der Waals surface area contributed by atoms with Gasteiger partial charge in [-0.15, -0.1) is 0 Å². The Bertz CT molecular complexity index is 472. The molecule has 0 aromatic carbocycles. The van der Waals surface area contributed by atoms with E-state index in [0.717, 1.165) is 0 Å². The SMILES string of the molecule is CC(I)NC(CCC(=O)NCC(OI)C(O)C(OI)C(O)CO)C(=O)C(C)C. The van der Waals surface area contributed by atoms with E-state index in [2.05, 4.69) is 33.2 Å². The molecule has 0 heterocycles. The molecule has 0 saturated heterocycles. The van der Waals surface area contributed by atoms with Crippen LogP contribution in [-0.2, 0) is 15.7 Å². The van der Waals surface area contributed by atoms with Gasteiger partial charge in [-0.1, -0.05) is 36.4 Å². The first kappa shape index (κ1) is 29.1. The number of aliphatic hydroxyl groups is 3. The van der Waals surface area contributed by atoms with Crippen molar-refractivity contribution in [3.05, 3.63) is 0 Å². The fourth-order valence-corrected chi connectivity index (χ4v) is 3.98. The van der Waals surface area contributed by atoms with Gasteiger partial charge in [0.2, 0.25) is 5.91 Å². The summed E-state index contributed by atoms with van der Waals surface area (Å²) in [6.45, 7) is 4.97. The highest BCUT2D eigenvalue weighted by molar-refractivity contribution is 14.1. The van der Waals surface area contributed by atoms with Gasteiger partial charge >= 0.3 is 0 Å². The molecule has 6 atom stereocenters. The molecule has 166 valence electrons. The second-order valence-corrected chi connectivity index (χ2v) is 9.54. The maximum absolute atomic E-state index is 12.3. The number of Topliss-reactive ketones (excluding diaryl/α,β-unsaturated/α-hetero) is 1. The largest absolute Gasteiger partial charge is 0.394 e. The van der Waals surface area contributed by atoms with E-state index in [1.165, 1.54) is 23.0 Å². The summed E-state index contributed by atoms with van der Waals surface area (Å²) in [5, 5.41) is 34.9. The fraction of sp³-hybridized carbons (Fsp3) is 0.875. The predicted octanol–water partition coefficient (Wildman–Crippen LogP) is 1.03. The molecule has 0 aliphatic heterocycles. The zero-order valence-corrected chi connectivity index (χ0v) is 22.5. The zero-order valence-electron chi connectivity index (χ0n) is 16.0. The Labute approximate surface area is 207 Å². The highest BCUT2D eigenvalue weighted by Gasteiger charge is 2.34. The van der Waals surface area contributed by atoms with Gasteiger partial charge in [-0.2, -0.15) is 0 Å². The summed E-state index contributed by atoms with van der Waals surface area (Å²) in [7, 11) is 0. The number of alkyl halides is 1. The van der Waals surface area contributed by atoms with Crippen molar-refractivity contribution in [2.24, 2.45) is 5.92 Å². The molecule has 12 heteroatoms. The summed E-state index contributed by atoms with van der Waals surface area (Å²) in [6.07, 6.45) is -4.00. The van der Waals surface area contributed by atoms with Crippen LogP contribution in [0.1, 0.15) is 33.6 Å². The Morgan fingerprint density at radius 1 is 1.11 bits per heavy atom. The van der Waals surface area contributed by atoms with Crippen LogP contribution in [0.3, 0.4) is 0 Å². The molecule has 9 nitrogen and oxygen atoms in total. The summed E-state index contributed by atoms with van der Waals surface area (Å²) in [5.74, 6) is -0.365. The Kier molecular flexibility index (Phi) is 16.4. The molecule has 5 N–H and O–H groups in total. The quantitative estimate of drug-likeness (QED) is 0.0955. The van der Waals surface area contributed by atoms with E-state index < -0.39 is 37.1 Å². The average Bonchev–Trinajstić information content (AvgIpc) is 2.64. The summed E-state index contributed by atoms with van der Waals surface area (Å²) < 4.78 is 10.2. The van der Waals surface area contributed by atoms with Crippen molar-refractivity contribution in [2.75, 3.05) is 13.2 Å². The van der Waals surface area contributed by atoms with Crippen LogP contribution >= 0.6 is 68.6 Å². The number of rotatable bonds is 15. The maximum Gasteiger partial charge on any atom is 0.220 e. The first-order valence-electron chi connectivity index (χ1n) is 8.81. The third kappa shape index (κ3) is 10.9. The number of hydrogen-bond acceptors (Lipinski definition) is 8. The molecule has 0 radical (unpaired) electrons. The minimum Gasteiger partial charge on any atom is -0.394 e. The summed E-state index contributed by atoms with van der Waals surface area (Å²) >= 11 is 5.28. The van der Waals surface area contributed by atoms with Crippen LogP contribution in [0.2, 0.25) is 0 Å². The monoisotopic (exact) mass is 742 g/mol. The smallest absolute Gasteiger partial charge is 0.220 e. The Morgan fingerprint density at radius 3 is 2.14 bits per heavy atom. The van der Waals surface area contributed by atoms with Crippen LogP contribution in [0.4, 0.5) is 0 Å². The van der Waals surface area contributed by atoms with E-state index >= 15 is 0 Å². The predicted molar refractivity (Wildman–Crippen MR) is 129 cm³/mol. The van der Waals surface area contributed by atoms with Crippen molar-refractivity contribution < 1.29 is 31.0 Å². The molecule has 1 amide bonds. The van der Waals surface area contributed by atoms with E-state index in [-0.39, 0.29) is 34.6 Å². The number of halogens is 3. The molecule has 0 fully saturated rings. The Hall–Kier alpha value is 1.09. The zero-order chi connectivity index (χ0) is 21.9. The first-order valence-corrected chi connectivity index (χ1v) is 11.8. The number of amides is 1. The first-order chi connectivity index (χ1) is 13.1. The molecular weight excluding hydrogens is 713 g/mol. The molecule has 6 unspecified atom stereocenters. The van der Waals surface area contributed by atoms with Crippen molar-refractivity contribution in [1.82, 2.24) is 10.6 Å². The second kappa shape index (κ2) is 15.8. The van der Waals surface area contributed by atoms with Crippen molar-refractivity contribution >= 4 is 80.3 Å². The van der Waals surface area contributed by atoms with Gasteiger partial charge in [0.1, 0.15) is 70.4 Å². The summed E-state index contributed by atoms with van der Waals surface area (Å²) in [4.78, 5) is 24.5. The molecular formula is C16H29I3N2O7. The van der Waals surface area contributed by atoms with Gasteiger partial charge in [-0.25, -0.2) is 0 Å². The van der Waals surface area contributed by atoms with E-state index in [1.54, 1.807) is 23.0 Å². The van der Waals surface area contributed by atoms with Crippen LogP contribution in [-0.4, -0.2) is 74.7 Å². The normalized spacial score (nSPS) is 18.2. The number of carbonyl (C=O) groups excluding carboxylic acids is 2. The number of carbonyl (C=O) groups is 2. The van der Waals surface area contributed by atoms with E-state index in [1.807, 2.05) is 20.8 Å². The van der Waals surface area contributed by atoms with Crippen molar-refractivity contribution in [2.45, 2.75) is 68.1 Å². The summed E-state index contributed by atoms with van der Waals surface area (Å²) in [6, 6.07) is -0.406. The third-order valence-electron chi connectivity index (χ3n) is 4.00. The summed E-state index contributed by atoms with van der Waals surface area (Å²) in [5.41, 5.74) is 0. The molecule has 0 saturated carbocycles. The van der Waals surface area contributed by atoms with Crippen molar-refractivity contribution in [3.63, 3.8) is 0 Å². The molecule has 0 rings (SSSR count). The van der Waals surface area contributed by atoms with Gasteiger partial charge in [0, 0.05) is 18.9 Å². The van der Waals surface area contributed by atoms with Crippen molar-refractivity contribution in [3.8, 4) is 0 Å². The topological polar surface area (TPSA) is 137 Å². The molecule has 0 aromatic heterocycles. The van der Waals surface area contributed by atoms with Gasteiger partial charge < -0.3 is 26.8 Å². The van der Waals surface area contributed by atoms with Gasteiger partial charge in [0.15, 0.2) is 5.78 Å². The lowest BCUT2D eigenvalue weighted by atomic mass is 9.97. The molecule has 0 spiro atoms. The van der Waals surface area contributed by atoms with Crippen LogP contribution < -0.4 is 10.6 Å². The highest BCUT2D eigenvalue weighted by Crippen LogP contribution is 2.16. The van der Waals surface area contributed by atoms with E-state index in [4.69, 9.17) is 11.2 Å². The van der Waals surface area contributed by atoms with Crippen molar-refractivity contribution in [1.29, 1.82) is 0 Å². The van der Waals surface area contributed by atoms with Crippen LogP contribution in [0.5, 0.6) is 0 Å². The number of ketones is 1. The Balaban J connectivity index is 4.69. The average molecular weight is 742 g/mol. The minimum absolute atomic E-state index is 0.0174. The van der Waals surface area contributed by atoms with E-state index in [0.29, 0.717) is 6.42 Å². The number of aliphatic hydroxyl groups excluding tert-OH is 3. The molecule has 0 aliphatic carbocycles. The Morgan fingerprint density at radius 2 is 1.71 bits per heavy atom. The van der Waals surface area contributed by atoms with Gasteiger partial charge in [-0.05, 0) is 13.3 Å². The highest BCUT2D eigenvalue weighted by atomic mass is 127. The van der Waals surface area contributed by atoms with E-state index in [9.17, 15) is 19.8 Å². The van der Waals surface area contributed by atoms with Gasteiger partial charge in [0.25, 0.3) is 0 Å². The molecule has 0 aromatic rings. The lowest BCUT2D eigenvalue weighted by molar-refractivity contribution is -0.125.